The number of nitrogens with zero attached hydrogens (tertiary/aromatic N) is 1. The number of fused-ring (bicyclic) bond motifs is 4. The Kier molecular flexibility index (Phi) is 5.02. The Morgan fingerprint density at radius 2 is 2.21 bits per heavy atom. The van der Waals surface area contributed by atoms with Gasteiger partial charge in [0.25, 0.3) is 0 Å². The Morgan fingerprint density at radius 1 is 1.41 bits per heavy atom. The number of phenolic OH excluding ortho intramolecular Hbond substituents is 1. The third-order valence-electron chi connectivity index (χ3n) is 7.05. The van der Waals surface area contributed by atoms with E-state index in [9.17, 15) is 14.7 Å². The molecule has 4 atom stereocenters. The van der Waals surface area contributed by atoms with Crippen molar-refractivity contribution in [3.8, 4) is 5.75 Å². The van der Waals surface area contributed by atoms with Crippen molar-refractivity contribution < 1.29 is 24.2 Å². The predicted molar refractivity (Wildman–Crippen MR) is 107 cm³/mol. The van der Waals surface area contributed by atoms with Gasteiger partial charge in [-0.25, -0.2) is 4.79 Å². The predicted octanol–water partition coefficient (Wildman–Crippen LogP) is 2.41. The lowest BCUT2D eigenvalue weighted by molar-refractivity contribution is -0.137. The Labute approximate surface area is 170 Å². The minimum Gasteiger partial charge on any atom is -0.508 e. The number of amides is 1. The van der Waals surface area contributed by atoms with Crippen LogP contribution in [0.15, 0.2) is 30.0 Å². The van der Waals surface area contributed by atoms with Crippen LogP contribution in [-0.4, -0.2) is 55.2 Å². The zero-order chi connectivity index (χ0) is 20.8. The molecule has 7 heteroatoms. The highest BCUT2D eigenvalue weighted by Gasteiger charge is 2.61. The number of esters is 1. The first-order valence-corrected chi connectivity index (χ1v) is 10.2. The number of ether oxygens (including phenoxy) is 2. The lowest BCUT2D eigenvalue weighted by Crippen LogP contribution is -2.53. The van der Waals surface area contributed by atoms with Gasteiger partial charge in [-0.2, -0.15) is 0 Å². The van der Waals surface area contributed by atoms with Crippen molar-refractivity contribution in [2.45, 2.75) is 37.6 Å². The molecule has 1 spiro atoms. The Balaban J connectivity index is 1.77. The molecule has 2 fully saturated rings. The van der Waals surface area contributed by atoms with E-state index in [2.05, 4.69) is 17.1 Å². The highest BCUT2D eigenvalue weighted by atomic mass is 16.5. The molecule has 2 saturated heterocycles. The van der Waals surface area contributed by atoms with Crippen LogP contribution in [0, 0.1) is 11.8 Å². The van der Waals surface area contributed by atoms with Crippen LogP contribution < -0.4 is 5.32 Å². The number of carbonyl (C=O) groups is 2. The van der Waals surface area contributed by atoms with E-state index in [1.165, 1.54) is 20.5 Å². The van der Waals surface area contributed by atoms with E-state index in [1.807, 2.05) is 6.07 Å². The molecule has 7 nitrogen and oxygen atoms in total. The summed E-state index contributed by atoms with van der Waals surface area (Å²) in [6.45, 7) is 3.70. The number of carbonyl (C=O) groups excluding carboxylic acids is 2. The minimum absolute atomic E-state index is 0.0643. The molecule has 0 saturated carbocycles. The van der Waals surface area contributed by atoms with E-state index in [-0.39, 0.29) is 29.5 Å². The summed E-state index contributed by atoms with van der Waals surface area (Å²) in [7, 11) is 2.90. The van der Waals surface area contributed by atoms with Gasteiger partial charge in [0.05, 0.1) is 31.5 Å². The van der Waals surface area contributed by atoms with Crippen molar-refractivity contribution in [3.05, 3.63) is 35.6 Å². The number of piperidine rings is 1. The largest absolute Gasteiger partial charge is 0.508 e. The first-order valence-electron chi connectivity index (χ1n) is 10.2. The summed E-state index contributed by atoms with van der Waals surface area (Å²) in [5.74, 6) is -0.125. The number of nitrogens with one attached hydrogen (secondary N) is 1. The molecule has 29 heavy (non-hydrogen) atoms. The van der Waals surface area contributed by atoms with Crippen LogP contribution >= 0.6 is 0 Å². The number of methoxy groups -OCH3 is 2. The van der Waals surface area contributed by atoms with Gasteiger partial charge in [-0.3, -0.25) is 9.69 Å². The van der Waals surface area contributed by atoms with E-state index >= 15 is 0 Å². The minimum atomic E-state index is -0.800. The quantitative estimate of drug-likeness (QED) is 0.458. The molecule has 4 rings (SSSR count). The molecule has 3 aliphatic rings. The van der Waals surface area contributed by atoms with Crippen molar-refractivity contribution in [3.63, 3.8) is 0 Å². The van der Waals surface area contributed by atoms with Gasteiger partial charge < -0.3 is 19.9 Å². The maximum atomic E-state index is 13.2. The topological polar surface area (TPSA) is 88.1 Å². The van der Waals surface area contributed by atoms with Crippen molar-refractivity contribution in [1.29, 1.82) is 0 Å². The van der Waals surface area contributed by atoms with E-state index in [4.69, 9.17) is 9.47 Å². The van der Waals surface area contributed by atoms with Crippen LogP contribution in [0.2, 0.25) is 0 Å². The first kappa shape index (κ1) is 19.8. The van der Waals surface area contributed by atoms with Crippen molar-refractivity contribution in [1.82, 2.24) is 4.90 Å². The fraction of sp³-hybridized carbons (Fsp3) is 0.545. The fourth-order valence-corrected chi connectivity index (χ4v) is 5.73. The van der Waals surface area contributed by atoms with Crippen LogP contribution in [-0.2, 0) is 24.5 Å². The molecular weight excluding hydrogens is 372 g/mol. The van der Waals surface area contributed by atoms with E-state index < -0.39 is 11.4 Å². The highest BCUT2D eigenvalue weighted by Crippen LogP contribution is 2.55. The summed E-state index contributed by atoms with van der Waals surface area (Å²) in [5.41, 5.74) is 1.10. The molecule has 3 aliphatic heterocycles. The molecule has 1 aromatic carbocycles. The number of hydrogen-bond donors (Lipinski definition) is 2. The molecular formula is C22H28N2O5. The molecule has 2 N–H and O–H groups in total. The number of benzene rings is 1. The third-order valence-corrected chi connectivity index (χ3v) is 7.05. The molecule has 0 radical (unpaired) electrons. The van der Waals surface area contributed by atoms with Crippen molar-refractivity contribution in [2.75, 3.05) is 32.6 Å². The molecule has 1 aromatic rings. The summed E-state index contributed by atoms with van der Waals surface area (Å²) >= 11 is 0. The average Bonchev–Trinajstić information content (AvgIpc) is 3.24. The third kappa shape index (κ3) is 2.82. The maximum Gasteiger partial charge on any atom is 0.337 e. The second-order valence-corrected chi connectivity index (χ2v) is 8.20. The number of hydrogen-bond acceptors (Lipinski definition) is 6. The van der Waals surface area contributed by atoms with Gasteiger partial charge >= 0.3 is 5.97 Å². The van der Waals surface area contributed by atoms with Gasteiger partial charge in [0.15, 0.2) is 0 Å². The second-order valence-electron chi connectivity index (χ2n) is 8.20. The summed E-state index contributed by atoms with van der Waals surface area (Å²) < 4.78 is 10.2. The fourth-order valence-electron chi connectivity index (χ4n) is 5.73. The molecule has 0 unspecified atom stereocenters. The van der Waals surface area contributed by atoms with Crippen LogP contribution in [0.3, 0.4) is 0 Å². The maximum absolute atomic E-state index is 13.2. The number of rotatable bonds is 4. The standard InChI is InChI=1S/C22H28N2O5/c1-4-13-11-24-9-8-22(19-16(23-21(22)27)6-5-7-17(19)25)18(24)10-14(13)15(12-28-2)20(26)29-3/h5-7,12-14,18,25H,4,8-11H2,1-3H3,(H,23,27)/b15-12+/t13-,14-,18-,22+/m1/s1. The average molecular weight is 400 g/mol. The van der Waals surface area contributed by atoms with Gasteiger partial charge in [-0.15, -0.1) is 0 Å². The summed E-state index contributed by atoms with van der Waals surface area (Å²) in [4.78, 5) is 28.1. The molecule has 3 heterocycles. The normalized spacial score (nSPS) is 31.3. The Hall–Kier alpha value is -2.54. The zero-order valence-electron chi connectivity index (χ0n) is 17.1. The van der Waals surface area contributed by atoms with E-state index in [0.29, 0.717) is 29.7 Å². The first-order chi connectivity index (χ1) is 14.0. The monoisotopic (exact) mass is 400 g/mol. The van der Waals surface area contributed by atoms with Gasteiger partial charge in [-0.1, -0.05) is 19.4 Å². The van der Waals surface area contributed by atoms with Crippen molar-refractivity contribution >= 4 is 17.6 Å². The highest BCUT2D eigenvalue weighted by molar-refractivity contribution is 6.08. The van der Waals surface area contributed by atoms with E-state index in [1.54, 1.807) is 12.1 Å². The Bertz CT molecular complexity index is 867. The molecule has 0 bridgehead atoms. The number of aromatic hydroxyl groups is 1. The van der Waals surface area contributed by atoms with Crippen LogP contribution in [0.4, 0.5) is 5.69 Å². The lowest BCUT2D eigenvalue weighted by atomic mass is 9.67. The van der Waals surface area contributed by atoms with Crippen LogP contribution in [0.5, 0.6) is 5.75 Å². The molecule has 156 valence electrons. The molecule has 0 aromatic heterocycles. The van der Waals surface area contributed by atoms with E-state index in [0.717, 1.165) is 19.5 Å². The summed E-state index contributed by atoms with van der Waals surface area (Å²) in [6, 6.07) is 5.12. The van der Waals surface area contributed by atoms with Gasteiger partial charge in [-0.05, 0) is 43.4 Å². The summed E-state index contributed by atoms with van der Waals surface area (Å²) in [5, 5.41) is 13.6. The molecule has 1 amide bonds. The zero-order valence-corrected chi connectivity index (χ0v) is 17.1. The number of phenols is 1. The second kappa shape index (κ2) is 7.37. The summed E-state index contributed by atoms with van der Waals surface area (Å²) in [6.07, 6.45) is 3.67. The Morgan fingerprint density at radius 3 is 2.90 bits per heavy atom. The van der Waals surface area contributed by atoms with Crippen molar-refractivity contribution in [2.24, 2.45) is 11.8 Å². The SMILES string of the molecule is CC[C@@H]1CN2CC[C@]3(C(=O)Nc4cccc(O)c43)[C@H]2C[C@H]1/C(=C\OC)C(=O)OC. The van der Waals surface area contributed by atoms with Crippen LogP contribution in [0.25, 0.3) is 0 Å². The van der Waals surface area contributed by atoms with Gasteiger partial charge in [0.2, 0.25) is 5.91 Å². The smallest absolute Gasteiger partial charge is 0.337 e. The van der Waals surface area contributed by atoms with Gasteiger partial charge in [0.1, 0.15) is 5.75 Å². The molecule has 0 aliphatic carbocycles. The van der Waals surface area contributed by atoms with Crippen LogP contribution in [0.1, 0.15) is 31.7 Å². The number of anilines is 1. The van der Waals surface area contributed by atoms with Gasteiger partial charge in [0, 0.05) is 23.8 Å². The lowest BCUT2D eigenvalue weighted by Gasteiger charge is -2.45.